The Morgan fingerprint density at radius 3 is 2.43 bits per heavy atom. The summed E-state index contributed by atoms with van der Waals surface area (Å²) in [6.45, 7) is -0.228. The van der Waals surface area contributed by atoms with Crippen molar-refractivity contribution in [3.05, 3.63) is 72.3 Å². The summed E-state index contributed by atoms with van der Waals surface area (Å²) in [6, 6.07) is 18.6. The van der Waals surface area contributed by atoms with E-state index in [9.17, 15) is 9.59 Å². The Morgan fingerprint density at radius 1 is 0.867 bits per heavy atom. The van der Waals surface area contributed by atoms with Crippen LogP contribution in [0.4, 0.5) is 0 Å². The quantitative estimate of drug-likeness (QED) is 0.465. The highest BCUT2D eigenvalue weighted by molar-refractivity contribution is 5.93. The van der Waals surface area contributed by atoms with E-state index < -0.39 is 11.8 Å². The summed E-state index contributed by atoms with van der Waals surface area (Å²) in [7, 11) is 3.08. The van der Waals surface area contributed by atoms with Gasteiger partial charge in [0.25, 0.3) is 11.8 Å². The third-order valence-corrected chi connectivity index (χ3v) is 4.27. The molecule has 7 nitrogen and oxygen atoms in total. The van der Waals surface area contributed by atoms with E-state index in [0.29, 0.717) is 17.2 Å². The van der Waals surface area contributed by atoms with E-state index >= 15 is 0 Å². The molecule has 0 fully saturated rings. The SMILES string of the molecule is COc1ccc(/C=C/C(=O)NNC(=O)COc2cccc3ccccc23)cc1OC. The van der Waals surface area contributed by atoms with Gasteiger partial charge < -0.3 is 14.2 Å². The Balaban J connectivity index is 1.49. The van der Waals surface area contributed by atoms with Crippen molar-refractivity contribution < 1.29 is 23.8 Å². The van der Waals surface area contributed by atoms with Crippen molar-refractivity contribution in [2.75, 3.05) is 20.8 Å². The molecule has 0 atom stereocenters. The molecule has 0 spiro atoms. The number of ether oxygens (including phenoxy) is 3. The number of hydrogen-bond acceptors (Lipinski definition) is 5. The van der Waals surface area contributed by atoms with Gasteiger partial charge in [-0.3, -0.25) is 20.4 Å². The summed E-state index contributed by atoms with van der Waals surface area (Å²) in [5.41, 5.74) is 5.38. The second-order valence-corrected chi connectivity index (χ2v) is 6.25. The monoisotopic (exact) mass is 406 g/mol. The number of rotatable bonds is 7. The molecule has 3 aromatic rings. The molecule has 3 rings (SSSR count). The topological polar surface area (TPSA) is 85.9 Å². The van der Waals surface area contributed by atoms with Gasteiger partial charge in [-0.15, -0.1) is 0 Å². The highest BCUT2D eigenvalue weighted by atomic mass is 16.5. The van der Waals surface area contributed by atoms with E-state index in [4.69, 9.17) is 14.2 Å². The summed E-state index contributed by atoms with van der Waals surface area (Å²) in [6.07, 6.45) is 2.89. The van der Waals surface area contributed by atoms with E-state index in [0.717, 1.165) is 16.3 Å². The molecule has 0 aliphatic rings. The molecule has 0 aliphatic carbocycles. The Kier molecular flexibility index (Phi) is 6.89. The van der Waals surface area contributed by atoms with Gasteiger partial charge in [0.15, 0.2) is 18.1 Å². The fourth-order valence-electron chi connectivity index (χ4n) is 2.80. The lowest BCUT2D eigenvalue weighted by Gasteiger charge is -2.10. The standard InChI is InChI=1S/C23H22N2O5/c1-28-20-12-10-16(14-21(20)29-2)11-13-22(26)24-25-23(27)15-30-19-9-5-7-17-6-3-4-8-18(17)19/h3-14H,15H2,1-2H3,(H,24,26)(H,25,27)/b13-11+. The Hall–Kier alpha value is -4.00. The van der Waals surface area contributed by atoms with E-state index in [1.165, 1.54) is 13.2 Å². The lowest BCUT2D eigenvalue weighted by atomic mass is 10.1. The van der Waals surface area contributed by atoms with Gasteiger partial charge in [-0.2, -0.15) is 0 Å². The Bertz CT molecular complexity index is 1070. The largest absolute Gasteiger partial charge is 0.493 e. The molecular formula is C23H22N2O5. The van der Waals surface area contributed by atoms with E-state index in [2.05, 4.69) is 10.9 Å². The molecule has 0 unspecified atom stereocenters. The van der Waals surface area contributed by atoms with Crippen molar-refractivity contribution in [2.45, 2.75) is 0 Å². The number of methoxy groups -OCH3 is 2. The minimum atomic E-state index is -0.483. The van der Waals surface area contributed by atoms with Crippen LogP contribution in [0.2, 0.25) is 0 Å². The van der Waals surface area contributed by atoms with Crippen molar-refractivity contribution in [3.8, 4) is 17.2 Å². The molecule has 0 saturated carbocycles. The molecule has 30 heavy (non-hydrogen) atoms. The number of carbonyl (C=O) groups is 2. The first-order valence-electron chi connectivity index (χ1n) is 9.20. The summed E-state index contributed by atoms with van der Waals surface area (Å²) in [4.78, 5) is 23.9. The number of fused-ring (bicyclic) bond motifs is 1. The van der Waals surface area contributed by atoms with Crippen molar-refractivity contribution in [1.82, 2.24) is 10.9 Å². The molecular weight excluding hydrogens is 384 g/mol. The number of carbonyl (C=O) groups excluding carboxylic acids is 2. The van der Waals surface area contributed by atoms with E-state index in [1.54, 1.807) is 37.5 Å². The van der Waals surface area contributed by atoms with Gasteiger partial charge in [0.2, 0.25) is 0 Å². The van der Waals surface area contributed by atoms with Crippen molar-refractivity contribution >= 4 is 28.7 Å². The first-order chi connectivity index (χ1) is 14.6. The molecule has 3 aromatic carbocycles. The Morgan fingerprint density at radius 2 is 1.63 bits per heavy atom. The number of benzene rings is 3. The second-order valence-electron chi connectivity index (χ2n) is 6.25. The number of amides is 2. The highest BCUT2D eigenvalue weighted by Gasteiger charge is 2.07. The first-order valence-corrected chi connectivity index (χ1v) is 9.20. The van der Waals surface area contributed by atoms with Gasteiger partial charge in [0.05, 0.1) is 14.2 Å². The minimum absolute atomic E-state index is 0.228. The summed E-state index contributed by atoms with van der Waals surface area (Å²) in [5.74, 6) is 0.790. The fraction of sp³-hybridized carbons (Fsp3) is 0.130. The maximum absolute atomic E-state index is 12.0. The second kappa shape index (κ2) is 9.97. The van der Waals surface area contributed by atoms with Gasteiger partial charge >= 0.3 is 0 Å². The fourth-order valence-corrected chi connectivity index (χ4v) is 2.80. The van der Waals surface area contributed by atoms with Gasteiger partial charge in [-0.1, -0.05) is 42.5 Å². The average Bonchev–Trinajstić information content (AvgIpc) is 2.79. The molecule has 0 aromatic heterocycles. The lowest BCUT2D eigenvalue weighted by molar-refractivity contribution is -0.128. The normalized spacial score (nSPS) is 10.6. The summed E-state index contributed by atoms with van der Waals surface area (Å²) in [5, 5.41) is 1.93. The van der Waals surface area contributed by atoms with Crippen LogP contribution >= 0.6 is 0 Å². The lowest BCUT2D eigenvalue weighted by Crippen LogP contribution is -2.43. The third-order valence-electron chi connectivity index (χ3n) is 4.27. The molecule has 2 amide bonds. The van der Waals surface area contributed by atoms with Crippen LogP contribution in [-0.4, -0.2) is 32.6 Å². The molecule has 2 N–H and O–H groups in total. The molecule has 0 bridgehead atoms. The minimum Gasteiger partial charge on any atom is -0.493 e. The molecule has 0 saturated heterocycles. The van der Waals surface area contributed by atoms with Crippen molar-refractivity contribution in [2.24, 2.45) is 0 Å². The van der Waals surface area contributed by atoms with Crippen LogP contribution in [0.3, 0.4) is 0 Å². The predicted octanol–water partition coefficient (Wildman–Crippen LogP) is 3.10. The van der Waals surface area contributed by atoms with Gasteiger partial charge in [0, 0.05) is 11.5 Å². The van der Waals surface area contributed by atoms with Gasteiger partial charge in [-0.05, 0) is 35.2 Å². The molecule has 154 valence electrons. The maximum atomic E-state index is 12.0. The average molecular weight is 406 g/mol. The summed E-state index contributed by atoms with van der Waals surface area (Å²) >= 11 is 0. The van der Waals surface area contributed by atoms with Crippen LogP contribution in [0, 0.1) is 0 Å². The molecule has 0 radical (unpaired) electrons. The molecule has 7 heteroatoms. The van der Waals surface area contributed by atoms with Crippen LogP contribution in [0.1, 0.15) is 5.56 Å². The summed E-state index contributed by atoms with van der Waals surface area (Å²) < 4.78 is 16.0. The smallest absolute Gasteiger partial charge is 0.276 e. The third kappa shape index (κ3) is 5.29. The van der Waals surface area contributed by atoms with Crippen molar-refractivity contribution in [3.63, 3.8) is 0 Å². The van der Waals surface area contributed by atoms with Gasteiger partial charge in [0.1, 0.15) is 5.75 Å². The van der Waals surface area contributed by atoms with E-state index in [1.807, 2.05) is 36.4 Å². The predicted molar refractivity (Wildman–Crippen MR) is 114 cm³/mol. The number of hydrazine groups is 1. The Labute approximate surface area is 174 Å². The molecule has 0 heterocycles. The van der Waals surface area contributed by atoms with Crippen LogP contribution in [0.15, 0.2) is 66.7 Å². The van der Waals surface area contributed by atoms with Crippen LogP contribution in [-0.2, 0) is 9.59 Å². The zero-order chi connectivity index (χ0) is 21.3. The zero-order valence-corrected chi connectivity index (χ0v) is 16.7. The number of hydrogen-bond donors (Lipinski definition) is 2. The van der Waals surface area contributed by atoms with E-state index in [-0.39, 0.29) is 6.61 Å². The highest BCUT2D eigenvalue weighted by Crippen LogP contribution is 2.28. The molecule has 0 aliphatic heterocycles. The number of nitrogens with one attached hydrogen (secondary N) is 2. The van der Waals surface area contributed by atoms with Gasteiger partial charge in [-0.25, -0.2) is 0 Å². The maximum Gasteiger partial charge on any atom is 0.276 e. The van der Waals surface area contributed by atoms with Crippen LogP contribution in [0.25, 0.3) is 16.8 Å². The first kappa shape index (κ1) is 20.7. The van der Waals surface area contributed by atoms with Crippen molar-refractivity contribution in [1.29, 1.82) is 0 Å². The van der Waals surface area contributed by atoms with Crippen LogP contribution < -0.4 is 25.1 Å². The zero-order valence-electron chi connectivity index (χ0n) is 16.7. The van der Waals surface area contributed by atoms with Crippen LogP contribution in [0.5, 0.6) is 17.2 Å².